The quantitative estimate of drug-likeness (QED) is 0.0968. The molecule has 262 valence electrons. The van der Waals surface area contributed by atoms with Gasteiger partial charge in [0.1, 0.15) is 73.2 Å². The molecule has 0 amide bonds. The Balaban J connectivity index is 1.42. The average molecular weight is 660 g/mol. The monoisotopic (exact) mass is 659 g/mol. The summed E-state index contributed by atoms with van der Waals surface area (Å²) >= 11 is 0. The Morgan fingerprint density at radius 2 is 1.24 bits per heavy atom. The summed E-state index contributed by atoms with van der Waals surface area (Å²) < 4.78 is 21.9. The maximum atomic E-state index is 11.0. The van der Waals surface area contributed by atoms with Crippen LogP contribution in [0.25, 0.3) is 0 Å². The molecule has 2 aliphatic carbocycles. The number of hydrogen-bond acceptors (Lipinski definition) is 19. The molecule has 2 aliphatic heterocycles. The maximum absolute atomic E-state index is 11.0. The largest absolute Gasteiger partial charge is 0.396 e. The van der Waals surface area contributed by atoms with Crippen LogP contribution in [0.15, 0.2) is 11.6 Å². The third-order valence-electron chi connectivity index (χ3n) is 8.99. The van der Waals surface area contributed by atoms with E-state index < -0.39 is 142 Å². The second kappa shape index (κ2) is 15.5. The Hall–Kier alpha value is -1.02. The lowest BCUT2D eigenvalue weighted by Crippen LogP contribution is -2.66. The van der Waals surface area contributed by atoms with E-state index in [0.29, 0.717) is 0 Å². The van der Waals surface area contributed by atoms with E-state index >= 15 is 0 Å². The molecule has 3 fully saturated rings. The summed E-state index contributed by atoms with van der Waals surface area (Å²) in [5.41, 5.74) is 0.0188. The van der Waals surface area contributed by atoms with E-state index in [1.807, 2.05) is 0 Å². The van der Waals surface area contributed by atoms with Gasteiger partial charge < -0.3 is 95.8 Å². The molecule has 45 heavy (non-hydrogen) atoms. The molecule has 0 spiro atoms. The fourth-order valence-corrected chi connectivity index (χ4v) is 6.15. The van der Waals surface area contributed by atoms with Crippen LogP contribution in [0.1, 0.15) is 6.42 Å². The smallest absolute Gasteiger partial charge is 0.187 e. The first-order chi connectivity index (χ1) is 21.2. The van der Waals surface area contributed by atoms with Gasteiger partial charge in [0.25, 0.3) is 0 Å². The van der Waals surface area contributed by atoms with Crippen LogP contribution in [-0.2, 0) is 18.9 Å². The number of aliphatic hydroxyl groups excluding tert-OH is 14. The van der Waals surface area contributed by atoms with Gasteiger partial charge in [0.15, 0.2) is 12.6 Å². The molecule has 2 heterocycles. The highest BCUT2D eigenvalue weighted by molar-refractivity contribution is 5.22. The minimum Gasteiger partial charge on any atom is -0.396 e. The first kappa shape index (κ1) is 36.8. The highest BCUT2D eigenvalue weighted by Gasteiger charge is 2.51. The second-order valence-electron chi connectivity index (χ2n) is 11.9. The minimum atomic E-state index is -1.89. The van der Waals surface area contributed by atoms with E-state index in [1.54, 1.807) is 0 Å². The molecule has 0 aromatic rings. The van der Waals surface area contributed by atoms with Crippen molar-refractivity contribution in [3.8, 4) is 0 Å². The molecular formula is C26H45NO18. The number of rotatable bonds is 10. The van der Waals surface area contributed by atoms with Crippen LogP contribution < -0.4 is 5.32 Å². The first-order valence-corrected chi connectivity index (χ1v) is 14.6. The Labute approximate surface area is 256 Å². The highest BCUT2D eigenvalue weighted by Crippen LogP contribution is 2.33. The number of hydrogen-bond donors (Lipinski definition) is 15. The van der Waals surface area contributed by atoms with Gasteiger partial charge in [0.05, 0.1) is 38.1 Å². The van der Waals surface area contributed by atoms with E-state index in [0.717, 1.165) is 0 Å². The number of nitrogens with one attached hydrogen (secondary N) is 1. The van der Waals surface area contributed by atoms with Gasteiger partial charge >= 0.3 is 0 Å². The van der Waals surface area contributed by atoms with Gasteiger partial charge in [-0.2, -0.15) is 0 Å². The summed E-state index contributed by atoms with van der Waals surface area (Å²) in [5, 5.41) is 146. The summed E-state index contributed by atoms with van der Waals surface area (Å²) in [4.78, 5) is 0. The third-order valence-corrected chi connectivity index (χ3v) is 8.99. The molecule has 0 aromatic heterocycles. The van der Waals surface area contributed by atoms with Gasteiger partial charge in [0.2, 0.25) is 0 Å². The van der Waals surface area contributed by atoms with Gasteiger partial charge in [-0.15, -0.1) is 0 Å². The van der Waals surface area contributed by atoms with Crippen molar-refractivity contribution in [1.29, 1.82) is 0 Å². The lowest BCUT2D eigenvalue weighted by Gasteiger charge is -2.47. The van der Waals surface area contributed by atoms with E-state index in [4.69, 9.17) is 18.9 Å². The van der Waals surface area contributed by atoms with Gasteiger partial charge in [0, 0.05) is 18.6 Å². The fraction of sp³-hybridized carbons (Fsp3) is 0.923. The van der Waals surface area contributed by atoms with Crippen LogP contribution in [0.3, 0.4) is 0 Å². The van der Waals surface area contributed by atoms with Crippen LogP contribution in [-0.4, -0.2) is 208 Å². The molecule has 0 radical (unpaired) electrons. The second-order valence-corrected chi connectivity index (χ2v) is 11.9. The van der Waals surface area contributed by atoms with Crippen molar-refractivity contribution >= 4 is 0 Å². The average Bonchev–Trinajstić information content (AvgIpc) is 3.03. The summed E-state index contributed by atoms with van der Waals surface area (Å²) in [6.45, 7) is -2.59. The van der Waals surface area contributed by atoms with Gasteiger partial charge in [-0.25, -0.2) is 0 Å². The van der Waals surface area contributed by atoms with Crippen molar-refractivity contribution in [3.05, 3.63) is 11.6 Å². The number of aliphatic hydroxyl groups is 14. The van der Waals surface area contributed by atoms with Gasteiger partial charge in [-0.1, -0.05) is 6.08 Å². The molecule has 19 nitrogen and oxygen atoms in total. The Morgan fingerprint density at radius 1 is 0.644 bits per heavy atom. The minimum absolute atomic E-state index is 0.0188. The summed E-state index contributed by atoms with van der Waals surface area (Å²) in [6, 6.07) is -2.08. The molecule has 1 saturated carbocycles. The standard InChI is InChI=1S/C26H45NO18/c28-3-7-1-9(14(32)18(36)13(7)31)27-10-2-8(4-29)24(21(39)15(10)33)45-26-23(41)20(38)17(35)12(44-26)6-42-25-22(40)19(37)16(34)11(5-30)43-25/h1,8-41H,2-6H2/t8-,9+,10+,11-,12-,13-,14+,15+,16-,17-,18+,19+,20+,21-,22-,23-,24-,25-,26+/m1/s1. The van der Waals surface area contributed by atoms with Gasteiger partial charge in [-0.05, 0) is 12.0 Å². The van der Waals surface area contributed by atoms with E-state index in [1.165, 1.54) is 6.08 Å². The summed E-state index contributed by atoms with van der Waals surface area (Å²) in [5.74, 6) is -0.943. The van der Waals surface area contributed by atoms with Crippen molar-refractivity contribution in [2.45, 2.75) is 117 Å². The van der Waals surface area contributed by atoms with E-state index in [2.05, 4.69) is 5.32 Å². The van der Waals surface area contributed by atoms with Crippen LogP contribution >= 0.6 is 0 Å². The van der Waals surface area contributed by atoms with Crippen LogP contribution in [0, 0.1) is 5.92 Å². The fourth-order valence-electron chi connectivity index (χ4n) is 6.15. The van der Waals surface area contributed by atoms with Crippen LogP contribution in [0.2, 0.25) is 0 Å². The zero-order chi connectivity index (χ0) is 33.3. The molecule has 19 atom stereocenters. The molecule has 0 aromatic carbocycles. The topological polar surface area (TPSA) is 332 Å². The van der Waals surface area contributed by atoms with Crippen molar-refractivity contribution in [1.82, 2.24) is 5.32 Å². The van der Waals surface area contributed by atoms with Crippen LogP contribution in [0.4, 0.5) is 0 Å². The Bertz CT molecular complexity index is 974. The van der Waals surface area contributed by atoms with Crippen molar-refractivity contribution in [2.75, 3.05) is 26.4 Å². The van der Waals surface area contributed by atoms with E-state index in [-0.39, 0.29) is 12.0 Å². The van der Waals surface area contributed by atoms with Crippen molar-refractivity contribution in [3.63, 3.8) is 0 Å². The molecular weight excluding hydrogens is 614 g/mol. The maximum Gasteiger partial charge on any atom is 0.187 e. The zero-order valence-electron chi connectivity index (χ0n) is 24.0. The molecule has 4 aliphatic rings. The molecule has 4 rings (SSSR count). The number of ether oxygens (including phenoxy) is 4. The lowest BCUT2D eigenvalue weighted by molar-refractivity contribution is -0.344. The predicted molar refractivity (Wildman–Crippen MR) is 142 cm³/mol. The highest BCUT2D eigenvalue weighted by atomic mass is 16.7. The molecule has 2 saturated heterocycles. The third kappa shape index (κ3) is 7.52. The Kier molecular flexibility index (Phi) is 12.7. The molecule has 0 unspecified atom stereocenters. The molecule has 19 heteroatoms. The molecule has 15 N–H and O–H groups in total. The van der Waals surface area contributed by atoms with Crippen molar-refractivity contribution < 1.29 is 90.4 Å². The summed E-state index contributed by atoms with van der Waals surface area (Å²) in [7, 11) is 0. The lowest BCUT2D eigenvalue weighted by atomic mass is 9.78. The zero-order valence-corrected chi connectivity index (χ0v) is 24.0. The molecule has 0 bridgehead atoms. The summed E-state index contributed by atoms with van der Waals surface area (Å²) in [6.07, 6.45) is -25.2. The Morgan fingerprint density at radius 3 is 1.84 bits per heavy atom. The first-order valence-electron chi connectivity index (χ1n) is 14.6. The van der Waals surface area contributed by atoms with E-state index in [9.17, 15) is 71.5 Å². The predicted octanol–water partition coefficient (Wildman–Crippen LogP) is -8.93. The van der Waals surface area contributed by atoms with Crippen LogP contribution in [0.5, 0.6) is 0 Å². The van der Waals surface area contributed by atoms with Gasteiger partial charge in [-0.3, -0.25) is 0 Å². The normalized spacial score (nSPS) is 51.2. The van der Waals surface area contributed by atoms with Crippen molar-refractivity contribution in [2.24, 2.45) is 5.92 Å². The SMILES string of the molecule is OCC1=C[C@H](N[C@H]2C[C@H](CO)[C@@H](O[C@@H]3O[C@H](CO[C@@H]4O[C@H](CO)[C@@H](O)[C@H](O)[C@H]4O)[C@@H](O)[C@H](O)[C@H]3O)[C@H](O)[C@H]2O)[C@H](O)[C@@H](O)[C@@H]1O.